The molecule has 1 aliphatic heterocycles. The highest BCUT2D eigenvalue weighted by atomic mass is 79.9. The Morgan fingerprint density at radius 1 is 1.33 bits per heavy atom. The number of aliphatic carboxylic acids is 1. The summed E-state index contributed by atoms with van der Waals surface area (Å²) in [7, 11) is 0. The first-order chi connectivity index (χ1) is 12.9. The van der Waals surface area contributed by atoms with Crippen molar-refractivity contribution >= 4 is 56.7 Å². The smallest absolute Gasteiger partial charge is 0.341 e. The van der Waals surface area contributed by atoms with Crippen molar-refractivity contribution in [2.75, 3.05) is 18.5 Å². The van der Waals surface area contributed by atoms with Gasteiger partial charge in [-0.2, -0.15) is 0 Å². The van der Waals surface area contributed by atoms with E-state index in [0.717, 1.165) is 0 Å². The molecular weight excluding hydrogens is 442 g/mol. The van der Waals surface area contributed by atoms with Gasteiger partial charge in [0.15, 0.2) is 17.4 Å². The number of oxime groups is 1. The molecule has 0 bridgehead atoms. The predicted octanol–water partition coefficient (Wildman–Crippen LogP) is 0.384. The van der Waals surface area contributed by atoms with E-state index in [0.29, 0.717) is 10.9 Å². The van der Waals surface area contributed by atoms with Gasteiger partial charge in [-0.25, -0.2) is 4.79 Å². The third kappa shape index (κ3) is 5.01. The number of carbonyl (C=O) groups excluding carboxylic acids is 2. The maximum Gasteiger partial charge on any atom is 0.341 e. The second kappa shape index (κ2) is 9.42. The van der Waals surface area contributed by atoms with Gasteiger partial charge in [-0.05, 0) is 12.2 Å². The molecule has 9 nitrogen and oxygen atoms in total. The molecule has 3 N–H and O–H groups in total. The Kier molecular flexibility index (Phi) is 7.25. The largest absolute Gasteiger partial charge is 0.479 e. The molecule has 1 aliphatic rings. The molecule has 0 aliphatic carbocycles. The molecule has 1 fully saturated rings. The second-order valence-electron chi connectivity index (χ2n) is 5.51. The van der Waals surface area contributed by atoms with Gasteiger partial charge in [0.2, 0.25) is 5.91 Å². The van der Waals surface area contributed by atoms with Crippen LogP contribution in [0.5, 0.6) is 0 Å². The minimum atomic E-state index is -1.17. The molecule has 144 valence electrons. The van der Waals surface area contributed by atoms with Gasteiger partial charge in [0.1, 0.15) is 6.04 Å². The standard InChI is InChI=1S/C16H16BrN3O6S/c17-6-10-14(16(24)20(10)7-12(27)26-8-11(21)22)18-15(23)13(19-25)9-4-2-1-3-5-9/h1-5,10,14,25H,6-8H2,(H,18,23)(H,21,22)/t10-,14+/m0/s1. The van der Waals surface area contributed by atoms with Crippen molar-refractivity contribution in [1.29, 1.82) is 0 Å². The Balaban J connectivity index is 1.99. The first-order valence-electron chi connectivity index (χ1n) is 7.71. The summed E-state index contributed by atoms with van der Waals surface area (Å²) >= 11 is 8.19. The van der Waals surface area contributed by atoms with Crippen molar-refractivity contribution in [3.05, 3.63) is 35.9 Å². The Hall–Kier alpha value is -2.53. The third-order valence-electron chi connectivity index (χ3n) is 3.80. The number of carboxylic acid groups (broad SMARTS) is 1. The van der Waals surface area contributed by atoms with E-state index in [4.69, 9.17) is 27.3 Å². The predicted molar refractivity (Wildman–Crippen MR) is 102 cm³/mol. The number of thiocarbonyl (C=S) groups is 1. The molecular formula is C16H16BrN3O6S. The summed E-state index contributed by atoms with van der Waals surface area (Å²) in [6, 6.07) is 7.07. The molecule has 1 aromatic rings. The van der Waals surface area contributed by atoms with Crippen molar-refractivity contribution < 1.29 is 29.4 Å². The van der Waals surface area contributed by atoms with Crippen molar-refractivity contribution in [3.63, 3.8) is 0 Å². The van der Waals surface area contributed by atoms with Crippen LogP contribution in [0.3, 0.4) is 0 Å². The van der Waals surface area contributed by atoms with E-state index in [1.807, 2.05) is 0 Å². The van der Waals surface area contributed by atoms with Crippen molar-refractivity contribution in [3.8, 4) is 0 Å². The number of β-lactam (4-membered cyclic amide) rings is 1. The molecule has 0 unspecified atom stereocenters. The normalized spacial score (nSPS) is 19.2. The molecule has 27 heavy (non-hydrogen) atoms. The highest BCUT2D eigenvalue weighted by Gasteiger charge is 2.48. The quantitative estimate of drug-likeness (QED) is 0.128. The highest BCUT2D eigenvalue weighted by molar-refractivity contribution is 9.09. The topological polar surface area (TPSA) is 129 Å². The first-order valence-corrected chi connectivity index (χ1v) is 9.24. The molecule has 11 heteroatoms. The molecule has 0 saturated carbocycles. The van der Waals surface area contributed by atoms with E-state index in [1.54, 1.807) is 30.3 Å². The fourth-order valence-electron chi connectivity index (χ4n) is 2.50. The van der Waals surface area contributed by atoms with Crippen LogP contribution in [0.2, 0.25) is 0 Å². The number of ether oxygens (including phenoxy) is 1. The van der Waals surface area contributed by atoms with Gasteiger partial charge < -0.3 is 25.3 Å². The summed E-state index contributed by atoms with van der Waals surface area (Å²) in [6.45, 7) is -0.656. The fourth-order valence-corrected chi connectivity index (χ4v) is 3.42. The van der Waals surface area contributed by atoms with Crippen LogP contribution in [0.15, 0.2) is 35.5 Å². The van der Waals surface area contributed by atoms with Gasteiger partial charge in [0, 0.05) is 10.9 Å². The number of rotatable bonds is 8. The monoisotopic (exact) mass is 457 g/mol. The number of likely N-dealkylation sites (tertiary alicyclic amines) is 1. The lowest BCUT2D eigenvalue weighted by Gasteiger charge is -2.46. The lowest BCUT2D eigenvalue weighted by Crippen LogP contribution is -2.72. The number of carbonyl (C=O) groups is 3. The number of hydrogen-bond acceptors (Lipinski definition) is 7. The summed E-state index contributed by atoms with van der Waals surface area (Å²) in [5, 5.41) is 23.6. The average Bonchev–Trinajstić information content (AvgIpc) is 2.66. The highest BCUT2D eigenvalue weighted by Crippen LogP contribution is 2.22. The maximum atomic E-state index is 12.4. The zero-order valence-corrected chi connectivity index (χ0v) is 16.3. The van der Waals surface area contributed by atoms with E-state index in [1.165, 1.54) is 4.90 Å². The van der Waals surface area contributed by atoms with Crippen LogP contribution in [-0.4, -0.2) is 74.3 Å². The number of halogens is 1. The number of nitrogens with zero attached hydrogens (tertiary/aromatic N) is 2. The van der Waals surface area contributed by atoms with Crippen molar-refractivity contribution in [2.24, 2.45) is 5.16 Å². The van der Waals surface area contributed by atoms with Crippen molar-refractivity contribution in [2.45, 2.75) is 12.1 Å². The van der Waals surface area contributed by atoms with E-state index >= 15 is 0 Å². The number of alkyl halides is 1. The second-order valence-corrected chi connectivity index (χ2v) is 6.61. The van der Waals surface area contributed by atoms with Crippen LogP contribution >= 0.6 is 28.1 Å². The average molecular weight is 458 g/mol. The molecule has 2 amide bonds. The van der Waals surface area contributed by atoms with E-state index in [9.17, 15) is 14.4 Å². The van der Waals surface area contributed by atoms with Crippen LogP contribution < -0.4 is 5.32 Å². The minimum Gasteiger partial charge on any atom is -0.479 e. The molecule has 1 aromatic carbocycles. The van der Waals surface area contributed by atoms with Crippen LogP contribution in [0.4, 0.5) is 0 Å². The lowest BCUT2D eigenvalue weighted by molar-refractivity contribution is -0.150. The molecule has 0 radical (unpaired) electrons. The van der Waals surface area contributed by atoms with E-state index in [2.05, 4.69) is 26.4 Å². The van der Waals surface area contributed by atoms with Gasteiger partial charge in [-0.1, -0.05) is 51.4 Å². The number of nitrogens with one attached hydrogen (secondary N) is 1. The Morgan fingerprint density at radius 2 is 2.00 bits per heavy atom. The molecule has 1 saturated heterocycles. The number of hydrogen-bond donors (Lipinski definition) is 3. The summed E-state index contributed by atoms with van der Waals surface area (Å²) in [5.41, 5.74) is 0.190. The zero-order chi connectivity index (χ0) is 20.0. The maximum absolute atomic E-state index is 12.4. The third-order valence-corrected chi connectivity index (χ3v) is 4.71. The number of benzene rings is 1. The first kappa shape index (κ1) is 20.8. The minimum absolute atomic E-state index is 0.0385. The van der Waals surface area contributed by atoms with Gasteiger partial charge >= 0.3 is 5.97 Å². The van der Waals surface area contributed by atoms with E-state index < -0.39 is 36.5 Å². The lowest BCUT2D eigenvalue weighted by atomic mass is 9.96. The van der Waals surface area contributed by atoms with Gasteiger partial charge in [-0.3, -0.25) is 9.59 Å². The summed E-state index contributed by atoms with van der Waals surface area (Å²) in [4.78, 5) is 36.6. The Bertz CT molecular complexity index is 773. The van der Waals surface area contributed by atoms with Gasteiger partial charge in [0.05, 0.1) is 12.6 Å². The number of amides is 2. The molecule has 1 heterocycles. The van der Waals surface area contributed by atoms with Crippen LogP contribution in [-0.2, 0) is 19.1 Å². The fraction of sp³-hybridized carbons (Fsp3) is 0.312. The Labute approximate surface area is 168 Å². The zero-order valence-electron chi connectivity index (χ0n) is 13.9. The van der Waals surface area contributed by atoms with Crippen LogP contribution in [0.25, 0.3) is 0 Å². The SMILES string of the molecule is O=C(O)COC(=S)CN1C(=O)[C@H](NC(=O)C(=NO)c2ccccc2)[C@@H]1CBr. The molecule has 0 spiro atoms. The Morgan fingerprint density at radius 3 is 2.56 bits per heavy atom. The van der Waals surface area contributed by atoms with Gasteiger partial charge in [-0.15, -0.1) is 0 Å². The van der Waals surface area contributed by atoms with E-state index in [-0.39, 0.29) is 17.3 Å². The molecule has 0 aromatic heterocycles. The number of carboxylic acids is 1. The van der Waals surface area contributed by atoms with Gasteiger partial charge in [0.25, 0.3) is 5.91 Å². The van der Waals surface area contributed by atoms with Crippen molar-refractivity contribution in [1.82, 2.24) is 10.2 Å². The summed E-state index contributed by atoms with van der Waals surface area (Å²) in [5.74, 6) is -2.28. The molecule has 2 rings (SSSR count). The van der Waals surface area contributed by atoms with Crippen LogP contribution in [0.1, 0.15) is 5.56 Å². The molecule has 2 atom stereocenters. The summed E-state index contributed by atoms with van der Waals surface area (Å²) < 4.78 is 4.86. The summed E-state index contributed by atoms with van der Waals surface area (Å²) in [6.07, 6.45) is 0. The van der Waals surface area contributed by atoms with Crippen LogP contribution in [0, 0.1) is 0 Å².